The molecule has 6 nitrogen and oxygen atoms in total. The van der Waals surface area contributed by atoms with Crippen molar-refractivity contribution < 1.29 is 44.3 Å². The number of rotatable bonds is 9. The van der Waals surface area contributed by atoms with Gasteiger partial charge in [0.1, 0.15) is 11.6 Å². The number of amides is 1. The van der Waals surface area contributed by atoms with Gasteiger partial charge in [-0.05, 0) is 16.7 Å². The summed E-state index contributed by atoms with van der Waals surface area (Å²) in [6.07, 6.45) is 0.328. The van der Waals surface area contributed by atoms with Crippen LogP contribution in [0.5, 0.6) is 0 Å². The number of carboxylic acid groups (broad SMARTS) is 1. The average Bonchev–Trinajstić information content (AvgIpc) is 3.30. The molecule has 0 bridgehead atoms. The standard InChI is InChI=1S/C25H21N3O3S.Na/c29-17-26-22(23(30)31)21-16-32-24(27-21)28-25(18-10-4-1-5-11-18,19-12-6-2-7-13-19)20-14-8-3-9-15-20;/h1-17,22H,(H,26,29)(H,27,28)(H,30,31);/q;+1/p-1. The fourth-order valence-corrected chi connectivity index (χ4v) is 4.55. The smallest absolute Gasteiger partial charge is 0.547 e. The Kier molecular flexibility index (Phi) is 8.41. The van der Waals surface area contributed by atoms with E-state index in [2.05, 4.69) is 15.6 Å². The van der Waals surface area contributed by atoms with Crippen LogP contribution in [0, 0.1) is 0 Å². The molecule has 33 heavy (non-hydrogen) atoms. The third-order valence-corrected chi connectivity index (χ3v) is 5.98. The second-order valence-corrected chi connectivity index (χ2v) is 7.95. The minimum Gasteiger partial charge on any atom is -0.547 e. The van der Waals surface area contributed by atoms with Crippen molar-refractivity contribution in [3.05, 3.63) is 119 Å². The maximum atomic E-state index is 11.5. The van der Waals surface area contributed by atoms with Gasteiger partial charge in [0.2, 0.25) is 6.41 Å². The van der Waals surface area contributed by atoms with Crippen molar-refractivity contribution in [3.8, 4) is 0 Å². The molecule has 4 rings (SSSR count). The molecular weight excluding hydrogens is 445 g/mol. The van der Waals surface area contributed by atoms with Gasteiger partial charge < -0.3 is 20.5 Å². The van der Waals surface area contributed by atoms with E-state index in [9.17, 15) is 14.7 Å². The van der Waals surface area contributed by atoms with Crippen LogP contribution in [-0.2, 0) is 15.1 Å². The third-order valence-electron chi connectivity index (χ3n) is 5.20. The Hall–Kier alpha value is -2.97. The van der Waals surface area contributed by atoms with Gasteiger partial charge in [0.05, 0.1) is 11.7 Å². The van der Waals surface area contributed by atoms with Gasteiger partial charge in [0, 0.05) is 5.38 Å². The quantitative estimate of drug-likeness (QED) is 0.208. The van der Waals surface area contributed by atoms with Crippen molar-refractivity contribution in [1.82, 2.24) is 10.3 Å². The summed E-state index contributed by atoms with van der Waals surface area (Å²) in [4.78, 5) is 26.8. The van der Waals surface area contributed by atoms with Crippen LogP contribution >= 0.6 is 11.3 Å². The molecule has 3 aromatic carbocycles. The first-order valence-electron chi connectivity index (χ1n) is 9.96. The van der Waals surface area contributed by atoms with Crippen LogP contribution in [-0.4, -0.2) is 17.4 Å². The van der Waals surface area contributed by atoms with E-state index in [0.29, 0.717) is 11.5 Å². The average molecular weight is 466 g/mol. The normalized spacial score (nSPS) is 11.6. The molecule has 0 aliphatic carbocycles. The summed E-state index contributed by atoms with van der Waals surface area (Å²) in [6, 6.07) is 28.7. The zero-order valence-corrected chi connectivity index (χ0v) is 20.8. The summed E-state index contributed by atoms with van der Waals surface area (Å²) < 4.78 is 0. The van der Waals surface area contributed by atoms with E-state index in [0.717, 1.165) is 16.7 Å². The van der Waals surface area contributed by atoms with E-state index in [-0.39, 0.29) is 35.3 Å². The Labute approximate surface area is 218 Å². The van der Waals surface area contributed by atoms with Crippen LogP contribution in [0.4, 0.5) is 5.13 Å². The number of benzene rings is 3. The molecule has 1 amide bonds. The molecule has 4 aromatic rings. The molecule has 1 atom stereocenters. The molecule has 0 saturated carbocycles. The van der Waals surface area contributed by atoms with Crippen LogP contribution in [0.2, 0.25) is 0 Å². The molecule has 1 aromatic heterocycles. The molecule has 0 radical (unpaired) electrons. The Bertz CT molecular complexity index is 1090. The number of nitrogens with zero attached hydrogens (tertiary/aromatic N) is 1. The maximum Gasteiger partial charge on any atom is 1.00 e. The fourth-order valence-electron chi connectivity index (χ4n) is 3.76. The molecule has 0 saturated heterocycles. The van der Waals surface area contributed by atoms with Crippen LogP contribution in [0.3, 0.4) is 0 Å². The van der Waals surface area contributed by atoms with E-state index in [1.165, 1.54) is 11.3 Å². The van der Waals surface area contributed by atoms with Crippen molar-refractivity contribution in [3.63, 3.8) is 0 Å². The molecular formula is C25H20N3NaO3S. The van der Waals surface area contributed by atoms with Crippen molar-refractivity contribution in [2.75, 3.05) is 5.32 Å². The Balaban J connectivity index is 0.00000306. The van der Waals surface area contributed by atoms with Crippen LogP contribution in [0.25, 0.3) is 0 Å². The predicted molar refractivity (Wildman–Crippen MR) is 122 cm³/mol. The Morgan fingerprint density at radius 1 is 0.879 bits per heavy atom. The number of aliphatic carboxylic acids is 1. The van der Waals surface area contributed by atoms with Gasteiger partial charge in [0.15, 0.2) is 5.13 Å². The number of hydrogen-bond donors (Lipinski definition) is 2. The number of aromatic nitrogens is 1. The van der Waals surface area contributed by atoms with E-state index < -0.39 is 17.6 Å². The second kappa shape index (κ2) is 11.2. The van der Waals surface area contributed by atoms with Crippen molar-refractivity contribution in [2.24, 2.45) is 0 Å². The molecule has 0 fully saturated rings. The van der Waals surface area contributed by atoms with Gasteiger partial charge in [-0.25, -0.2) is 4.98 Å². The number of carboxylic acids is 1. The van der Waals surface area contributed by atoms with Gasteiger partial charge in [-0.3, -0.25) is 4.79 Å². The second-order valence-electron chi connectivity index (χ2n) is 7.09. The molecule has 8 heteroatoms. The summed E-state index contributed by atoms with van der Waals surface area (Å²) in [5, 5.41) is 19.4. The summed E-state index contributed by atoms with van der Waals surface area (Å²) in [5.74, 6) is -1.42. The largest absolute Gasteiger partial charge is 1.00 e. The predicted octanol–water partition coefficient (Wildman–Crippen LogP) is 0.0881. The van der Waals surface area contributed by atoms with E-state index in [1.54, 1.807) is 5.38 Å². The molecule has 0 aliphatic heterocycles. The van der Waals surface area contributed by atoms with Gasteiger partial charge >= 0.3 is 29.6 Å². The number of carbonyl (C=O) groups is 2. The first kappa shape index (κ1) is 24.7. The van der Waals surface area contributed by atoms with E-state index >= 15 is 0 Å². The third kappa shape index (κ3) is 5.17. The summed E-state index contributed by atoms with van der Waals surface area (Å²) >= 11 is 1.26. The number of thiazole rings is 1. The number of carbonyl (C=O) groups excluding carboxylic acids is 2. The molecule has 0 spiro atoms. The van der Waals surface area contributed by atoms with Gasteiger partial charge in [0.25, 0.3) is 0 Å². The first-order chi connectivity index (χ1) is 15.6. The van der Waals surface area contributed by atoms with E-state index in [1.807, 2.05) is 91.0 Å². The minimum atomic E-state index is -1.42. The monoisotopic (exact) mass is 465 g/mol. The topological polar surface area (TPSA) is 94.2 Å². The van der Waals surface area contributed by atoms with Gasteiger partial charge in [-0.1, -0.05) is 91.0 Å². The molecule has 160 valence electrons. The van der Waals surface area contributed by atoms with E-state index in [4.69, 9.17) is 0 Å². The summed E-state index contributed by atoms with van der Waals surface area (Å²) in [6.45, 7) is 0. The van der Waals surface area contributed by atoms with Crippen molar-refractivity contribution in [1.29, 1.82) is 0 Å². The summed E-state index contributed by atoms with van der Waals surface area (Å²) in [7, 11) is 0. The molecule has 2 N–H and O–H groups in total. The Morgan fingerprint density at radius 3 is 1.73 bits per heavy atom. The van der Waals surface area contributed by atoms with Gasteiger partial charge in [-0.15, -0.1) is 11.3 Å². The SMILES string of the molecule is O=CNC(C(=O)[O-])c1csc(NC(c2ccccc2)(c2ccccc2)c2ccccc2)n1.[Na+]. The maximum absolute atomic E-state index is 11.5. The summed E-state index contributed by atoms with van der Waals surface area (Å²) in [5.41, 5.74) is 2.41. The van der Waals surface area contributed by atoms with Crippen LogP contribution < -0.4 is 45.3 Å². The fraction of sp³-hybridized carbons (Fsp3) is 0.0800. The first-order valence-corrected chi connectivity index (χ1v) is 10.8. The van der Waals surface area contributed by atoms with Crippen LogP contribution in [0.15, 0.2) is 96.4 Å². The number of anilines is 1. The number of nitrogens with one attached hydrogen (secondary N) is 2. The minimum absolute atomic E-state index is 0. The molecule has 1 heterocycles. The zero-order chi connectivity index (χ0) is 22.4. The number of hydrogen-bond acceptors (Lipinski definition) is 6. The van der Waals surface area contributed by atoms with Crippen molar-refractivity contribution >= 4 is 28.8 Å². The zero-order valence-electron chi connectivity index (χ0n) is 18.0. The van der Waals surface area contributed by atoms with Gasteiger partial charge in [-0.2, -0.15) is 0 Å². The van der Waals surface area contributed by atoms with Crippen LogP contribution in [0.1, 0.15) is 28.4 Å². The Morgan fingerprint density at radius 2 is 1.33 bits per heavy atom. The molecule has 1 unspecified atom stereocenters. The molecule has 0 aliphatic rings. The van der Waals surface area contributed by atoms with Crippen molar-refractivity contribution in [2.45, 2.75) is 11.6 Å².